The summed E-state index contributed by atoms with van der Waals surface area (Å²) in [6.45, 7) is 11.2. The minimum absolute atomic E-state index is 0.242. The number of alkyl halides is 3. The standard InChI is InChI=1S/C20H28F3NO5/c1-17(2,3)15(25)27-12-19(7,24-16(26)29-18(4,5)6)13-9-8-10-14(11-13)28-20(21,22)23/h8-11H,12H2,1-7H3,(H,24,26). The molecule has 6 nitrogen and oxygen atoms in total. The van der Waals surface area contributed by atoms with Crippen LogP contribution < -0.4 is 10.1 Å². The Morgan fingerprint density at radius 1 is 1.00 bits per heavy atom. The molecule has 0 aliphatic rings. The summed E-state index contributed by atoms with van der Waals surface area (Å²) in [4.78, 5) is 24.5. The first-order valence-corrected chi connectivity index (χ1v) is 8.96. The first-order chi connectivity index (χ1) is 12.9. The fraction of sp³-hybridized carbons (Fsp3) is 0.600. The minimum atomic E-state index is -4.87. The monoisotopic (exact) mass is 419 g/mol. The number of nitrogens with one attached hydrogen (secondary N) is 1. The van der Waals surface area contributed by atoms with Crippen molar-refractivity contribution >= 4 is 12.1 Å². The second-order valence-corrected chi connectivity index (χ2v) is 8.86. The van der Waals surface area contributed by atoms with Crippen molar-refractivity contribution in [3.05, 3.63) is 29.8 Å². The van der Waals surface area contributed by atoms with Crippen LogP contribution in [0.2, 0.25) is 0 Å². The van der Waals surface area contributed by atoms with E-state index in [1.807, 2.05) is 0 Å². The van der Waals surface area contributed by atoms with Gasteiger partial charge in [0.2, 0.25) is 0 Å². The lowest BCUT2D eigenvalue weighted by Crippen LogP contribution is -2.49. The Bertz CT molecular complexity index is 735. The van der Waals surface area contributed by atoms with Crippen LogP contribution in [0.25, 0.3) is 0 Å². The molecule has 0 saturated carbocycles. The van der Waals surface area contributed by atoms with Crippen LogP contribution in [0.1, 0.15) is 54.0 Å². The molecule has 1 aromatic carbocycles. The summed E-state index contributed by atoms with van der Waals surface area (Å²) in [7, 11) is 0. The summed E-state index contributed by atoms with van der Waals surface area (Å²) >= 11 is 0. The lowest BCUT2D eigenvalue weighted by molar-refractivity contribution is -0.274. The van der Waals surface area contributed by atoms with Crippen molar-refractivity contribution in [3.63, 3.8) is 0 Å². The van der Waals surface area contributed by atoms with Crippen LogP contribution in [0.5, 0.6) is 5.75 Å². The predicted molar refractivity (Wildman–Crippen MR) is 100 cm³/mol. The maximum absolute atomic E-state index is 12.6. The number of alkyl carbamates (subject to hydrolysis) is 1. The molecule has 0 aromatic heterocycles. The molecule has 1 aromatic rings. The number of carbonyl (C=O) groups is 2. The number of esters is 1. The van der Waals surface area contributed by atoms with Gasteiger partial charge in [0, 0.05) is 0 Å². The predicted octanol–water partition coefficient (Wildman–Crippen LogP) is 4.91. The number of amides is 1. The first-order valence-electron chi connectivity index (χ1n) is 8.96. The van der Waals surface area contributed by atoms with Gasteiger partial charge in [-0.2, -0.15) is 0 Å². The quantitative estimate of drug-likeness (QED) is 0.686. The summed E-state index contributed by atoms with van der Waals surface area (Å²) in [6, 6.07) is 5.09. The molecular formula is C20H28F3NO5. The van der Waals surface area contributed by atoms with Gasteiger partial charge < -0.3 is 19.5 Å². The van der Waals surface area contributed by atoms with Gasteiger partial charge in [-0.05, 0) is 66.2 Å². The summed E-state index contributed by atoms with van der Waals surface area (Å²) < 4.78 is 52.2. The molecule has 0 bridgehead atoms. The Kier molecular flexibility index (Phi) is 7.21. The van der Waals surface area contributed by atoms with Crippen LogP contribution in [-0.2, 0) is 19.8 Å². The molecule has 0 radical (unpaired) electrons. The summed E-state index contributed by atoms with van der Waals surface area (Å²) in [5, 5.41) is 2.59. The van der Waals surface area contributed by atoms with E-state index in [9.17, 15) is 22.8 Å². The second kappa shape index (κ2) is 8.51. The second-order valence-electron chi connectivity index (χ2n) is 8.86. The van der Waals surface area contributed by atoms with Crippen LogP contribution >= 0.6 is 0 Å². The molecule has 1 N–H and O–H groups in total. The lowest BCUT2D eigenvalue weighted by atomic mass is 9.92. The van der Waals surface area contributed by atoms with Crippen molar-refractivity contribution in [3.8, 4) is 5.75 Å². The molecule has 9 heteroatoms. The van der Waals surface area contributed by atoms with Crippen LogP contribution in [0.3, 0.4) is 0 Å². The van der Waals surface area contributed by atoms with Gasteiger partial charge in [-0.25, -0.2) is 4.79 Å². The normalized spacial score (nSPS) is 14.6. The number of hydrogen-bond acceptors (Lipinski definition) is 5. The van der Waals surface area contributed by atoms with E-state index in [4.69, 9.17) is 9.47 Å². The highest BCUT2D eigenvalue weighted by Crippen LogP contribution is 2.29. The minimum Gasteiger partial charge on any atom is -0.462 e. The van der Waals surface area contributed by atoms with Gasteiger partial charge in [-0.1, -0.05) is 12.1 Å². The van der Waals surface area contributed by atoms with E-state index in [2.05, 4.69) is 10.1 Å². The molecule has 0 saturated heterocycles. The molecule has 1 unspecified atom stereocenters. The van der Waals surface area contributed by atoms with Gasteiger partial charge in [-0.3, -0.25) is 4.79 Å². The van der Waals surface area contributed by atoms with Gasteiger partial charge in [0.1, 0.15) is 18.0 Å². The summed E-state index contributed by atoms with van der Waals surface area (Å²) in [5.41, 5.74) is -2.72. The molecule has 1 rings (SSSR count). The average molecular weight is 419 g/mol. The van der Waals surface area contributed by atoms with E-state index in [0.717, 1.165) is 12.1 Å². The van der Waals surface area contributed by atoms with E-state index >= 15 is 0 Å². The summed E-state index contributed by atoms with van der Waals surface area (Å²) in [5.74, 6) is -0.994. The van der Waals surface area contributed by atoms with Crippen molar-refractivity contribution in [2.75, 3.05) is 6.61 Å². The van der Waals surface area contributed by atoms with Gasteiger partial charge in [0.25, 0.3) is 0 Å². The molecule has 1 amide bonds. The van der Waals surface area contributed by atoms with Crippen LogP contribution in [0, 0.1) is 5.41 Å². The SMILES string of the molecule is CC(C)(C)OC(=O)NC(C)(COC(=O)C(C)(C)C)c1cccc(OC(F)(F)F)c1. The molecule has 0 spiro atoms. The fourth-order valence-corrected chi connectivity index (χ4v) is 2.18. The Morgan fingerprint density at radius 3 is 2.07 bits per heavy atom. The third-order valence-corrected chi connectivity index (χ3v) is 3.59. The molecule has 29 heavy (non-hydrogen) atoms. The molecule has 0 heterocycles. The zero-order valence-electron chi connectivity index (χ0n) is 17.7. The maximum atomic E-state index is 12.6. The van der Waals surface area contributed by atoms with E-state index in [1.54, 1.807) is 41.5 Å². The first kappa shape index (κ1) is 24.6. The number of carbonyl (C=O) groups excluding carboxylic acids is 2. The third kappa shape index (κ3) is 8.62. The Hall–Kier alpha value is -2.45. The summed E-state index contributed by atoms with van der Waals surface area (Å²) in [6.07, 6.45) is -5.68. The van der Waals surface area contributed by atoms with Crippen LogP contribution in [-0.4, -0.2) is 30.6 Å². The Labute approximate surface area is 168 Å². The number of rotatable bonds is 5. The average Bonchev–Trinajstić information content (AvgIpc) is 2.48. The van der Waals surface area contributed by atoms with Gasteiger partial charge in [-0.15, -0.1) is 13.2 Å². The molecule has 0 aliphatic carbocycles. The number of halogens is 3. The smallest absolute Gasteiger partial charge is 0.462 e. The number of benzene rings is 1. The molecule has 164 valence electrons. The molecule has 0 aliphatic heterocycles. The Balaban J connectivity index is 3.20. The lowest BCUT2D eigenvalue weighted by Gasteiger charge is -2.33. The molecule has 1 atom stereocenters. The van der Waals surface area contributed by atoms with Crippen molar-refractivity contribution < 1.29 is 37.0 Å². The van der Waals surface area contributed by atoms with E-state index < -0.39 is 40.7 Å². The van der Waals surface area contributed by atoms with Crippen molar-refractivity contribution in [2.24, 2.45) is 5.41 Å². The highest BCUT2D eigenvalue weighted by molar-refractivity contribution is 5.75. The van der Waals surface area contributed by atoms with Crippen molar-refractivity contribution in [1.82, 2.24) is 5.32 Å². The van der Waals surface area contributed by atoms with Gasteiger partial charge in [0.15, 0.2) is 0 Å². The fourth-order valence-electron chi connectivity index (χ4n) is 2.18. The maximum Gasteiger partial charge on any atom is 0.573 e. The van der Waals surface area contributed by atoms with Crippen molar-refractivity contribution in [2.45, 2.75) is 66.0 Å². The van der Waals surface area contributed by atoms with E-state index in [1.165, 1.54) is 19.1 Å². The topological polar surface area (TPSA) is 73.9 Å². The molecular weight excluding hydrogens is 391 g/mol. The highest BCUT2D eigenvalue weighted by atomic mass is 19.4. The van der Waals surface area contributed by atoms with E-state index in [0.29, 0.717) is 0 Å². The third-order valence-electron chi connectivity index (χ3n) is 3.59. The van der Waals surface area contributed by atoms with Crippen molar-refractivity contribution in [1.29, 1.82) is 0 Å². The Morgan fingerprint density at radius 2 is 1.59 bits per heavy atom. The number of ether oxygens (including phenoxy) is 3. The molecule has 0 fully saturated rings. The number of hydrogen-bond donors (Lipinski definition) is 1. The van der Waals surface area contributed by atoms with E-state index in [-0.39, 0.29) is 12.2 Å². The van der Waals surface area contributed by atoms with Crippen LogP contribution in [0.4, 0.5) is 18.0 Å². The zero-order valence-corrected chi connectivity index (χ0v) is 17.7. The van der Waals surface area contributed by atoms with Gasteiger partial charge >= 0.3 is 18.4 Å². The van der Waals surface area contributed by atoms with Gasteiger partial charge in [0.05, 0.1) is 11.0 Å². The largest absolute Gasteiger partial charge is 0.573 e. The zero-order chi connectivity index (χ0) is 22.7. The highest BCUT2D eigenvalue weighted by Gasteiger charge is 2.36. The van der Waals surface area contributed by atoms with Crippen LogP contribution in [0.15, 0.2) is 24.3 Å².